The van der Waals surface area contributed by atoms with Crippen molar-refractivity contribution in [3.63, 3.8) is 0 Å². The molecule has 134 valence electrons. The third kappa shape index (κ3) is 3.66. The van der Waals surface area contributed by atoms with Gasteiger partial charge in [-0.25, -0.2) is 14.8 Å². The largest absolute Gasteiger partial charge is 0.457 e. The normalized spacial score (nSPS) is 10.7. The van der Waals surface area contributed by atoms with Gasteiger partial charge in [0.25, 0.3) is 0 Å². The first-order chi connectivity index (χ1) is 13.2. The minimum atomic E-state index is -0.343. The first-order valence-corrected chi connectivity index (χ1v) is 9.31. The molecule has 6 heteroatoms. The van der Waals surface area contributed by atoms with Gasteiger partial charge in [0.1, 0.15) is 28.5 Å². The number of benzene rings is 2. The summed E-state index contributed by atoms with van der Waals surface area (Å²) in [5.41, 5.74) is 2.71. The highest BCUT2D eigenvalue weighted by Gasteiger charge is 2.20. The highest BCUT2D eigenvalue weighted by atomic mass is 32.1. The number of carbonyl (C=O) groups is 1. The van der Waals surface area contributed by atoms with Gasteiger partial charge in [-0.15, -0.1) is 11.3 Å². The fourth-order valence-electron chi connectivity index (χ4n) is 2.81. The molecule has 0 saturated heterocycles. The number of nitrogens with zero attached hydrogens (tertiary/aromatic N) is 2. The summed E-state index contributed by atoms with van der Waals surface area (Å²) in [7, 11) is 0. The molecule has 2 aromatic heterocycles. The van der Waals surface area contributed by atoms with Crippen molar-refractivity contribution in [1.29, 1.82) is 0 Å². The Hall–Kier alpha value is -3.25. The van der Waals surface area contributed by atoms with Crippen LogP contribution in [-0.4, -0.2) is 15.9 Å². The Kier molecular flexibility index (Phi) is 4.80. The summed E-state index contributed by atoms with van der Waals surface area (Å²) >= 11 is 1.33. The van der Waals surface area contributed by atoms with Crippen molar-refractivity contribution in [2.45, 2.75) is 13.5 Å². The van der Waals surface area contributed by atoms with E-state index in [4.69, 9.17) is 4.74 Å². The van der Waals surface area contributed by atoms with E-state index in [9.17, 15) is 4.79 Å². The summed E-state index contributed by atoms with van der Waals surface area (Å²) in [6.07, 6.45) is 1.50. The SMILES string of the molecule is Cc1c(C(=O)OCc2ccccc2)sc2ncnc(Nc3ccccc3)c12. The molecule has 0 spiro atoms. The van der Waals surface area contributed by atoms with Crippen LogP contribution in [-0.2, 0) is 11.3 Å². The zero-order valence-electron chi connectivity index (χ0n) is 14.7. The predicted molar refractivity (Wildman–Crippen MR) is 107 cm³/mol. The van der Waals surface area contributed by atoms with E-state index in [1.165, 1.54) is 17.7 Å². The van der Waals surface area contributed by atoms with Gasteiger partial charge in [-0.3, -0.25) is 0 Å². The first kappa shape index (κ1) is 17.2. The molecule has 4 rings (SSSR count). The van der Waals surface area contributed by atoms with Crippen LogP contribution in [0.15, 0.2) is 67.0 Å². The van der Waals surface area contributed by atoms with Crippen LogP contribution in [0.3, 0.4) is 0 Å². The lowest BCUT2D eigenvalue weighted by molar-refractivity contribution is 0.0478. The van der Waals surface area contributed by atoms with Gasteiger partial charge >= 0.3 is 5.97 Å². The highest BCUT2D eigenvalue weighted by molar-refractivity contribution is 7.20. The van der Waals surface area contributed by atoms with Crippen LogP contribution in [0.5, 0.6) is 0 Å². The number of rotatable bonds is 5. The molecule has 4 aromatic rings. The Balaban J connectivity index is 1.62. The monoisotopic (exact) mass is 375 g/mol. The third-order valence-corrected chi connectivity index (χ3v) is 5.34. The van der Waals surface area contributed by atoms with Crippen LogP contribution in [0.25, 0.3) is 10.2 Å². The lowest BCUT2D eigenvalue weighted by Gasteiger charge is -2.07. The molecule has 27 heavy (non-hydrogen) atoms. The lowest BCUT2D eigenvalue weighted by Crippen LogP contribution is -2.04. The number of thiophene rings is 1. The van der Waals surface area contributed by atoms with Crippen LogP contribution in [0.4, 0.5) is 11.5 Å². The molecule has 5 nitrogen and oxygen atoms in total. The maximum atomic E-state index is 12.6. The number of nitrogens with one attached hydrogen (secondary N) is 1. The highest BCUT2D eigenvalue weighted by Crippen LogP contribution is 2.34. The summed E-state index contributed by atoms with van der Waals surface area (Å²) in [4.78, 5) is 22.6. The van der Waals surface area contributed by atoms with Crippen molar-refractivity contribution in [2.24, 2.45) is 0 Å². The Morgan fingerprint density at radius 2 is 1.74 bits per heavy atom. The van der Waals surface area contributed by atoms with Crippen LogP contribution < -0.4 is 5.32 Å². The molecule has 0 amide bonds. The number of aromatic nitrogens is 2. The molecular weight excluding hydrogens is 358 g/mol. The standard InChI is InChI=1S/C21H17N3O2S/c1-14-17-19(24-16-10-6-3-7-11-16)22-13-23-20(17)27-18(14)21(25)26-12-15-8-4-2-5-9-15/h2-11,13H,12H2,1H3,(H,22,23,24). The van der Waals surface area contributed by atoms with Crippen LogP contribution >= 0.6 is 11.3 Å². The van der Waals surface area contributed by atoms with Crippen molar-refractivity contribution in [3.8, 4) is 0 Å². The Morgan fingerprint density at radius 1 is 1.04 bits per heavy atom. The number of aryl methyl sites for hydroxylation is 1. The van der Waals surface area contributed by atoms with Gasteiger partial charge in [0.15, 0.2) is 0 Å². The van der Waals surface area contributed by atoms with Crippen molar-refractivity contribution in [1.82, 2.24) is 9.97 Å². The van der Waals surface area contributed by atoms with Gasteiger partial charge in [-0.05, 0) is 30.2 Å². The molecule has 0 saturated carbocycles. The predicted octanol–water partition coefficient (Wildman–Crippen LogP) is 5.10. The van der Waals surface area contributed by atoms with Crippen LogP contribution in [0.1, 0.15) is 20.8 Å². The van der Waals surface area contributed by atoms with Gasteiger partial charge in [0.05, 0.1) is 5.39 Å². The van der Waals surface area contributed by atoms with Gasteiger partial charge in [0.2, 0.25) is 0 Å². The summed E-state index contributed by atoms with van der Waals surface area (Å²) < 4.78 is 5.49. The second-order valence-corrected chi connectivity index (χ2v) is 7.01. The molecule has 0 unspecified atom stereocenters. The van der Waals surface area contributed by atoms with Gasteiger partial charge in [-0.2, -0.15) is 0 Å². The van der Waals surface area contributed by atoms with E-state index in [1.807, 2.05) is 67.6 Å². The molecular formula is C21H17N3O2S. The number of para-hydroxylation sites is 1. The number of ether oxygens (including phenoxy) is 1. The van der Waals surface area contributed by atoms with Crippen molar-refractivity contribution < 1.29 is 9.53 Å². The van der Waals surface area contributed by atoms with E-state index in [0.29, 0.717) is 10.7 Å². The topological polar surface area (TPSA) is 64.1 Å². The number of esters is 1. The van der Waals surface area contributed by atoms with Crippen LogP contribution in [0, 0.1) is 6.92 Å². The molecule has 0 aliphatic carbocycles. The lowest BCUT2D eigenvalue weighted by atomic mass is 10.2. The van der Waals surface area contributed by atoms with E-state index < -0.39 is 0 Å². The van der Waals surface area contributed by atoms with E-state index in [2.05, 4.69) is 15.3 Å². The molecule has 0 bridgehead atoms. The van der Waals surface area contributed by atoms with Crippen molar-refractivity contribution in [3.05, 3.63) is 83.0 Å². The van der Waals surface area contributed by atoms with Crippen LogP contribution in [0.2, 0.25) is 0 Å². The average molecular weight is 375 g/mol. The first-order valence-electron chi connectivity index (χ1n) is 8.49. The van der Waals surface area contributed by atoms with Gasteiger partial charge < -0.3 is 10.1 Å². The molecule has 0 radical (unpaired) electrons. The molecule has 0 atom stereocenters. The average Bonchev–Trinajstić information content (AvgIpc) is 3.05. The quantitative estimate of drug-likeness (QED) is 0.492. The Bertz CT molecular complexity index is 1080. The molecule has 0 aliphatic rings. The molecule has 2 aromatic carbocycles. The number of hydrogen-bond donors (Lipinski definition) is 1. The molecule has 0 aliphatic heterocycles. The molecule has 1 N–H and O–H groups in total. The van der Waals surface area contributed by atoms with E-state index >= 15 is 0 Å². The van der Waals surface area contributed by atoms with Gasteiger partial charge in [0, 0.05) is 5.69 Å². The van der Waals surface area contributed by atoms with Crippen molar-refractivity contribution >= 4 is 39.0 Å². The minimum Gasteiger partial charge on any atom is -0.457 e. The number of fused-ring (bicyclic) bond motifs is 1. The van der Waals surface area contributed by atoms with E-state index in [-0.39, 0.29) is 12.6 Å². The second kappa shape index (κ2) is 7.55. The smallest absolute Gasteiger partial charge is 0.349 e. The zero-order valence-corrected chi connectivity index (χ0v) is 15.5. The summed E-state index contributed by atoms with van der Waals surface area (Å²) in [6.45, 7) is 2.14. The van der Waals surface area contributed by atoms with Gasteiger partial charge in [-0.1, -0.05) is 48.5 Å². The number of anilines is 2. The second-order valence-electron chi connectivity index (χ2n) is 6.01. The number of carbonyl (C=O) groups excluding carboxylic acids is 1. The third-order valence-electron chi connectivity index (χ3n) is 4.16. The minimum absolute atomic E-state index is 0.244. The maximum Gasteiger partial charge on any atom is 0.349 e. The van der Waals surface area contributed by atoms with Crippen molar-refractivity contribution in [2.75, 3.05) is 5.32 Å². The summed E-state index contributed by atoms with van der Waals surface area (Å²) in [5.74, 6) is 0.340. The zero-order chi connectivity index (χ0) is 18.6. The number of hydrogen-bond acceptors (Lipinski definition) is 6. The maximum absolute atomic E-state index is 12.6. The molecule has 0 fully saturated rings. The van der Waals surface area contributed by atoms with E-state index in [1.54, 1.807) is 0 Å². The Morgan fingerprint density at radius 3 is 2.48 bits per heavy atom. The fourth-order valence-corrected chi connectivity index (χ4v) is 3.85. The van der Waals surface area contributed by atoms with E-state index in [0.717, 1.165) is 27.0 Å². The summed E-state index contributed by atoms with van der Waals surface area (Å²) in [5, 5.41) is 4.15. The molecule has 2 heterocycles. The fraction of sp³-hybridized carbons (Fsp3) is 0.0952. The summed E-state index contributed by atoms with van der Waals surface area (Å²) in [6, 6.07) is 19.4. The Labute approximate surface area is 160 Å².